The van der Waals surface area contributed by atoms with E-state index in [0.717, 1.165) is 6.42 Å². The number of nitrogens with one attached hydrogen (secondary N) is 1. The van der Waals surface area contributed by atoms with E-state index in [1.807, 2.05) is 6.92 Å². The summed E-state index contributed by atoms with van der Waals surface area (Å²) in [7, 11) is 1.53. The van der Waals surface area contributed by atoms with E-state index in [2.05, 4.69) is 5.32 Å². The Morgan fingerprint density at radius 2 is 2.24 bits per heavy atom. The second-order valence-electron chi connectivity index (χ2n) is 3.56. The van der Waals surface area contributed by atoms with Crippen molar-refractivity contribution in [1.29, 1.82) is 0 Å². The van der Waals surface area contributed by atoms with Crippen LogP contribution in [0.4, 0.5) is 11.4 Å². The van der Waals surface area contributed by atoms with E-state index < -0.39 is 0 Å². The zero-order valence-electron chi connectivity index (χ0n) is 10.2. The topological polar surface area (TPSA) is 73.6 Å². The number of ether oxygens (including phenoxy) is 2. The number of hydrogen-bond donors (Lipinski definition) is 2. The molecule has 0 unspecified atom stereocenters. The SMILES string of the molecule is CCCOCC(=O)Nc1ccc(N)c(OC)c1. The maximum atomic E-state index is 11.5. The summed E-state index contributed by atoms with van der Waals surface area (Å²) in [6.45, 7) is 2.63. The summed E-state index contributed by atoms with van der Waals surface area (Å²) in [5.74, 6) is 0.350. The summed E-state index contributed by atoms with van der Waals surface area (Å²) >= 11 is 0. The highest BCUT2D eigenvalue weighted by atomic mass is 16.5. The summed E-state index contributed by atoms with van der Waals surface area (Å²) in [6, 6.07) is 5.07. The van der Waals surface area contributed by atoms with Crippen molar-refractivity contribution in [3.8, 4) is 5.75 Å². The number of nitrogens with two attached hydrogens (primary N) is 1. The van der Waals surface area contributed by atoms with E-state index in [4.69, 9.17) is 15.2 Å². The van der Waals surface area contributed by atoms with Crippen LogP contribution < -0.4 is 15.8 Å². The molecule has 0 heterocycles. The molecule has 0 saturated heterocycles. The molecule has 3 N–H and O–H groups in total. The summed E-state index contributed by atoms with van der Waals surface area (Å²) < 4.78 is 10.2. The summed E-state index contributed by atoms with van der Waals surface area (Å²) in [5.41, 5.74) is 6.84. The molecular weight excluding hydrogens is 220 g/mol. The lowest BCUT2D eigenvalue weighted by Gasteiger charge is -2.09. The lowest BCUT2D eigenvalue weighted by atomic mass is 10.2. The Kier molecular flexibility index (Phi) is 5.29. The predicted octanol–water partition coefficient (Wildman–Crippen LogP) is 1.64. The molecule has 0 saturated carbocycles. The van der Waals surface area contributed by atoms with Crippen molar-refractivity contribution in [1.82, 2.24) is 0 Å². The zero-order chi connectivity index (χ0) is 12.7. The molecule has 94 valence electrons. The van der Waals surface area contributed by atoms with Gasteiger partial charge in [-0.05, 0) is 18.6 Å². The quantitative estimate of drug-likeness (QED) is 0.583. The van der Waals surface area contributed by atoms with Gasteiger partial charge in [-0.3, -0.25) is 4.79 Å². The van der Waals surface area contributed by atoms with Gasteiger partial charge in [-0.25, -0.2) is 0 Å². The van der Waals surface area contributed by atoms with Gasteiger partial charge in [0.05, 0.1) is 12.8 Å². The number of nitrogen functional groups attached to an aromatic ring is 1. The number of amides is 1. The minimum atomic E-state index is -0.190. The minimum Gasteiger partial charge on any atom is -0.495 e. The van der Waals surface area contributed by atoms with Crippen molar-refractivity contribution in [2.75, 3.05) is 31.4 Å². The minimum absolute atomic E-state index is 0.0561. The average Bonchev–Trinajstić information content (AvgIpc) is 2.32. The molecule has 1 amide bonds. The smallest absolute Gasteiger partial charge is 0.250 e. The number of hydrogen-bond acceptors (Lipinski definition) is 4. The molecular formula is C12H18N2O3. The summed E-state index contributed by atoms with van der Waals surface area (Å²) in [4.78, 5) is 11.5. The fourth-order valence-corrected chi connectivity index (χ4v) is 1.30. The van der Waals surface area contributed by atoms with Gasteiger partial charge in [0.15, 0.2) is 0 Å². The summed E-state index contributed by atoms with van der Waals surface area (Å²) in [6.07, 6.45) is 0.892. The van der Waals surface area contributed by atoms with Crippen LogP contribution in [-0.4, -0.2) is 26.2 Å². The van der Waals surface area contributed by atoms with Gasteiger partial charge < -0.3 is 20.5 Å². The van der Waals surface area contributed by atoms with Crippen LogP contribution in [0.5, 0.6) is 5.75 Å². The van der Waals surface area contributed by atoms with Crippen molar-refractivity contribution in [2.45, 2.75) is 13.3 Å². The van der Waals surface area contributed by atoms with Crippen LogP contribution in [0.3, 0.4) is 0 Å². The van der Waals surface area contributed by atoms with Crippen molar-refractivity contribution in [3.63, 3.8) is 0 Å². The van der Waals surface area contributed by atoms with E-state index >= 15 is 0 Å². The van der Waals surface area contributed by atoms with Gasteiger partial charge in [-0.2, -0.15) is 0 Å². The monoisotopic (exact) mass is 238 g/mol. The molecule has 5 heteroatoms. The normalized spacial score (nSPS) is 10.0. The van der Waals surface area contributed by atoms with E-state index in [-0.39, 0.29) is 12.5 Å². The first kappa shape index (κ1) is 13.3. The molecule has 17 heavy (non-hydrogen) atoms. The molecule has 0 fully saturated rings. The van der Waals surface area contributed by atoms with Crippen LogP contribution in [-0.2, 0) is 9.53 Å². The Morgan fingerprint density at radius 1 is 1.47 bits per heavy atom. The Hall–Kier alpha value is -1.75. The number of anilines is 2. The number of carbonyl (C=O) groups excluding carboxylic acids is 1. The van der Waals surface area contributed by atoms with E-state index in [1.165, 1.54) is 7.11 Å². The Morgan fingerprint density at radius 3 is 2.88 bits per heavy atom. The first-order valence-electron chi connectivity index (χ1n) is 5.48. The molecule has 1 aromatic carbocycles. The molecule has 5 nitrogen and oxygen atoms in total. The van der Waals surface area contributed by atoms with Gasteiger partial charge in [0, 0.05) is 18.4 Å². The molecule has 1 aromatic rings. The predicted molar refractivity (Wildman–Crippen MR) is 67.1 cm³/mol. The van der Waals surface area contributed by atoms with Crippen LogP contribution in [0.2, 0.25) is 0 Å². The lowest BCUT2D eigenvalue weighted by Crippen LogP contribution is -2.18. The molecule has 1 rings (SSSR count). The van der Waals surface area contributed by atoms with Crippen molar-refractivity contribution >= 4 is 17.3 Å². The lowest BCUT2D eigenvalue weighted by molar-refractivity contribution is -0.120. The number of methoxy groups -OCH3 is 1. The fraction of sp³-hybridized carbons (Fsp3) is 0.417. The van der Waals surface area contributed by atoms with Crippen molar-refractivity contribution < 1.29 is 14.3 Å². The van der Waals surface area contributed by atoms with Gasteiger partial charge in [0.25, 0.3) is 0 Å². The maximum absolute atomic E-state index is 11.5. The van der Waals surface area contributed by atoms with Crippen LogP contribution in [0.15, 0.2) is 18.2 Å². The van der Waals surface area contributed by atoms with E-state index in [9.17, 15) is 4.79 Å². The Labute approximate surface area is 101 Å². The van der Waals surface area contributed by atoms with E-state index in [0.29, 0.717) is 23.7 Å². The Bertz CT molecular complexity index is 380. The largest absolute Gasteiger partial charge is 0.495 e. The standard InChI is InChI=1S/C12H18N2O3/c1-3-6-17-8-12(15)14-9-4-5-10(13)11(7-9)16-2/h4-5,7H,3,6,8,13H2,1-2H3,(H,14,15). The Balaban J connectivity index is 2.53. The molecule has 0 spiro atoms. The van der Waals surface area contributed by atoms with Gasteiger partial charge in [0.1, 0.15) is 12.4 Å². The highest BCUT2D eigenvalue weighted by Gasteiger charge is 2.05. The second-order valence-corrected chi connectivity index (χ2v) is 3.56. The average molecular weight is 238 g/mol. The van der Waals surface area contributed by atoms with Crippen LogP contribution in [0.1, 0.15) is 13.3 Å². The van der Waals surface area contributed by atoms with Crippen LogP contribution >= 0.6 is 0 Å². The number of rotatable bonds is 6. The van der Waals surface area contributed by atoms with Gasteiger partial charge in [-0.1, -0.05) is 6.92 Å². The number of benzene rings is 1. The highest BCUT2D eigenvalue weighted by Crippen LogP contribution is 2.24. The molecule has 0 aromatic heterocycles. The summed E-state index contributed by atoms with van der Waals surface area (Å²) in [5, 5.41) is 2.70. The third-order valence-corrected chi connectivity index (χ3v) is 2.10. The highest BCUT2D eigenvalue weighted by molar-refractivity contribution is 5.92. The zero-order valence-corrected chi connectivity index (χ0v) is 10.2. The third kappa shape index (κ3) is 4.32. The molecule has 0 atom stereocenters. The van der Waals surface area contributed by atoms with Crippen molar-refractivity contribution in [3.05, 3.63) is 18.2 Å². The van der Waals surface area contributed by atoms with Gasteiger partial charge in [0.2, 0.25) is 5.91 Å². The third-order valence-electron chi connectivity index (χ3n) is 2.10. The number of carbonyl (C=O) groups is 1. The van der Waals surface area contributed by atoms with Gasteiger partial charge >= 0.3 is 0 Å². The fourth-order valence-electron chi connectivity index (χ4n) is 1.30. The first-order valence-corrected chi connectivity index (χ1v) is 5.48. The van der Waals surface area contributed by atoms with E-state index in [1.54, 1.807) is 18.2 Å². The molecule has 0 bridgehead atoms. The maximum Gasteiger partial charge on any atom is 0.250 e. The van der Waals surface area contributed by atoms with Crippen LogP contribution in [0.25, 0.3) is 0 Å². The molecule has 0 aliphatic rings. The van der Waals surface area contributed by atoms with Crippen LogP contribution in [0, 0.1) is 0 Å². The molecule has 0 aliphatic carbocycles. The van der Waals surface area contributed by atoms with Crippen molar-refractivity contribution in [2.24, 2.45) is 0 Å². The first-order chi connectivity index (χ1) is 8.17. The molecule has 0 aliphatic heterocycles. The second kappa shape index (κ2) is 6.75. The molecule has 0 radical (unpaired) electrons. The van der Waals surface area contributed by atoms with Gasteiger partial charge in [-0.15, -0.1) is 0 Å².